The van der Waals surface area contributed by atoms with Crippen molar-refractivity contribution in [3.05, 3.63) is 41.9 Å². The van der Waals surface area contributed by atoms with Crippen molar-refractivity contribution < 1.29 is 27.5 Å². The van der Waals surface area contributed by atoms with Crippen LogP contribution in [0.5, 0.6) is 0 Å². The van der Waals surface area contributed by atoms with Crippen molar-refractivity contribution in [3.63, 3.8) is 0 Å². The van der Waals surface area contributed by atoms with Crippen LogP contribution >= 0.6 is 0 Å². The monoisotopic (exact) mass is 396 g/mol. The maximum absolute atomic E-state index is 12.9. The molecule has 1 saturated heterocycles. The molecular weight excluding hydrogens is 381 g/mol. The van der Waals surface area contributed by atoms with Gasteiger partial charge in [-0.05, 0) is 12.1 Å². The first-order valence-electron chi connectivity index (χ1n) is 8.34. The van der Waals surface area contributed by atoms with Crippen LogP contribution in [0.25, 0.3) is 0 Å². The third kappa shape index (κ3) is 3.43. The van der Waals surface area contributed by atoms with Crippen LogP contribution in [-0.4, -0.2) is 63.5 Å². The lowest BCUT2D eigenvalue weighted by Crippen LogP contribution is -2.68. The minimum atomic E-state index is -4.71. The number of aliphatic hydroxyl groups is 1. The van der Waals surface area contributed by atoms with Crippen molar-refractivity contribution in [1.82, 2.24) is 20.3 Å². The topological polar surface area (TPSA) is 107 Å². The molecule has 148 valence electrons. The molecule has 2 aliphatic rings. The second-order valence-electron chi connectivity index (χ2n) is 6.29. The average Bonchev–Trinajstić information content (AvgIpc) is 3.30. The van der Waals surface area contributed by atoms with Gasteiger partial charge in [0, 0.05) is 11.9 Å². The van der Waals surface area contributed by atoms with Crippen LogP contribution in [0.3, 0.4) is 0 Å². The molecule has 12 heteroatoms. The van der Waals surface area contributed by atoms with Gasteiger partial charge in [0.05, 0.1) is 31.4 Å². The van der Waals surface area contributed by atoms with Gasteiger partial charge in [-0.1, -0.05) is 0 Å². The first kappa shape index (κ1) is 18.4. The first-order valence-corrected chi connectivity index (χ1v) is 8.34. The number of β-amino-alcohol motifs (C(OH)–C–C–N with tert-alkyl or cyclic N) is 1. The van der Waals surface area contributed by atoms with E-state index in [9.17, 15) is 23.1 Å². The number of carbonyl (C=O) groups excluding carboxylic acids is 1. The average molecular weight is 396 g/mol. The molecule has 1 amide bonds. The van der Waals surface area contributed by atoms with Gasteiger partial charge in [-0.25, -0.2) is 10.4 Å². The molecule has 1 fully saturated rings. The Morgan fingerprint density at radius 1 is 1.39 bits per heavy atom. The molecule has 2 aliphatic heterocycles. The van der Waals surface area contributed by atoms with Crippen LogP contribution in [0.4, 0.5) is 18.9 Å². The number of pyridine rings is 1. The zero-order valence-corrected chi connectivity index (χ0v) is 14.3. The molecule has 2 aromatic rings. The Morgan fingerprint density at radius 3 is 2.82 bits per heavy atom. The Labute approximate surface area is 156 Å². The lowest BCUT2D eigenvalue weighted by Gasteiger charge is -2.45. The van der Waals surface area contributed by atoms with Gasteiger partial charge in [-0.3, -0.25) is 9.78 Å². The number of alkyl halides is 3. The van der Waals surface area contributed by atoms with Gasteiger partial charge in [-0.15, -0.1) is 0 Å². The molecule has 0 spiro atoms. The number of likely N-dealkylation sites (tertiary alicyclic amines) is 1. The summed E-state index contributed by atoms with van der Waals surface area (Å²) in [6.07, 6.45) is -1.87. The van der Waals surface area contributed by atoms with Gasteiger partial charge in [0.15, 0.2) is 11.7 Å². The standard InChI is InChI=1S/C16H15F3N6O3/c17-16(18,19)14-12(26)7-24(14)15(27)11-8-28-13(23-11)5-9-1-2-10(6-20-9)25-21-3-4-22-25/h1-3,6,8,12,14,22,26H,4-5,7H2. The third-order valence-corrected chi connectivity index (χ3v) is 4.37. The van der Waals surface area contributed by atoms with Crippen molar-refractivity contribution in [2.45, 2.75) is 24.7 Å². The Hall–Kier alpha value is -2.99. The van der Waals surface area contributed by atoms with Crippen LogP contribution in [0.2, 0.25) is 0 Å². The van der Waals surface area contributed by atoms with E-state index in [0.29, 0.717) is 17.1 Å². The number of hydrogen-bond acceptors (Lipinski definition) is 8. The Kier molecular flexibility index (Phi) is 4.51. The number of hydrazine groups is 1. The highest BCUT2D eigenvalue weighted by molar-refractivity contribution is 5.93. The van der Waals surface area contributed by atoms with Gasteiger partial charge in [-0.2, -0.15) is 23.4 Å². The van der Waals surface area contributed by atoms with Crippen molar-refractivity contribution in [2.75, 3.05) is 18.2 Å². The molecule has 2 N–H and O–H groups in total. The van der Waals surface area contributed by atoms with Crippen molar-refractivity contribution >= 4 is 17.8 Å². The minimum Gasteiger partial charge on any atom is -0.448 e. The molecule has 0 bridgehead atoms. The summed E-state index contributed by atoms with van der Waals surface area (Å²) in [5, 5.41) is 15.0. The first-order chi connectivity index (χ1) is 13.3. The molecule has 0 aliphatic carbocycles. The number of anilines is 1. The van der Waals surface area contributed by atoms with Crippen LogP contribution < -0.4 is 10.5 Å². The molecule has 28 heavy (non-hydrogen) atoms. The number of nitrogens with one attached hydrogen (secondary N) is 1. The van der Waals surface area contributed by atoms with Crippen LogP contribution in [0.1, 0.15) is 22.1 Å². The zero-order chi connectivity index (χ0) is 19.9. The summed E-state index contributed by atoms with van der Waals surface area (Å²) in [5.74, 6) is -0.797. The number of halogens is 3. The zero-order valence-electron chi connectivity index (χ0n) is 14.3. The van der Waals surface area contributed by atoms with Gasteiger partial charge < -0.3 is 14.4 Å². The number of hydrogen-bond donors (Lipinski definition) is 2. The number of oxazole rings is 1. The number of amides is 1. The normalized spacial score (nSPS) is 21.9. The lowest BCUT2D eigenvalue weighted by molar-refractivity contribution is -0.234. The van der Waals surface area contributed by atoms with E-state index in [2.05, 4.69) is 20.5 Å². The van der Waals surface area contributed by atoms with E-state index in [4.69, 9.17) is 4.42 Å². The summed E-state index contributed by atoms with van der Waals surface area (Å²) >= 11 is 0. The lowest BCUT2D eigenvalue weighted by atomic mass is 9.98. The van der Waals surface area contributed by atoms with E-state index >= 15 is 0 Å². The molecule has 4 rings (SSSR count). The van der Waals surface area contributed by atoms with E-state index < -0.39 is 30.8 Å². The fourth-order valence-electron chi connectivity index (χ4n) is 2.98. The number of hydrazone groups is 1. The van der Waals surface area contributed by atoms with Gasteiger partial charge in [0.1, 0.15) is 12.4 Å². The van der Waals surface area contributed by atoms with E-state index in [1.807, 2.05) is 0 Å². The van der Waals surface area contributed by atoms with E-state index in [1.165, 1.54) is 0 Å². The quantitative estimate of drug-likeness (QED) is 0.784. The van der Waals surface area contributed by atoms with Crippen molar-refractivity contribution in [3.8, 4) is 0 Å². The predicted molar refractivity (Wildman–Crippen MR) is 89.4 cm³/mol. The third-order valence-electron chi connectivity index (χ3n) is 4.37. The van der Waals surface area contributed by atoms with Crippen molar-refractivity contribution in [2.24, 2.45) is 5.10 Å². The SMILES string of the molecule is O=C(c1coc(Cc2ccc(N3N=CCN3)cn2)n1)N1CC(O)C1C(F)(F)F. The van der Waals surface area contributed by atoms with E-state index in [0.717, 1.165) is 12.0 Å². The van der Waals surface area contributed by atoms with Gasteiger partial charge in [0.2, 0.25) is 5.89 Å². The number of nitrogens with zero attached hydrogens (tertiary/aromatic N) is 5. The molecule has 0 radical (unpaired) electrons. The maximum atomic E-state index is 12.9. The molecule has 4 heterocycles. The van der Waals surface area contributed by atoms with Crippen LogP contribution in [0.15, 0.2) is 34.1 Å². The predicted octanol–water partition coefficient (Wildman–Crippen LogP) is 0.718. The summed E-state index contributed by atoms with van der Waals surface area (Å²) in [4.78, 5) is 21.0. The molecule has 2 atom stereocenters. The van der Waals surface area contributed by atoms with E-state index in [1.54, 1.807) is 29.7 Å². The Morgan fingerprint density at radius 2 is 2.21 bits per heavy atom. The molecular formula is C16H15F3N6O3. The van der Waals surface area contributed by atoms with E-state index in [-0.39, 0.29) is 18.0 Å². The van der Waals surface area contributed by atoms with Crippen LogP contribution in [0, 0.1) is 0 Å². The number of aliphatic hydroxyl groups excluding tert-OH is 1. The highest BCUT2D eigenvalue weighted by Crippen LogP contribution is 2.34. The second-order valence-corrected chi connectivity index (χ2v) is 6.29. The fraction of sp³-hybridized carbons (Fsp3) is 0.375. The minimum absolute atomic E-state index is 0.144. The fourth-order valence-corrected chi connectivity index (χ4v) is 2.98. The molecule has 0 aromatic carbocycles. The summed E-state index contributed by atoms with van der Waals surface area (Å²) in [5.41, 5.74) is 4.08. The summed E-state index contributed by atoms with van der Waals surface area (Å²) in [6, 6.07) is 1.28. The molecule has 0 saturated carbocycles. The summed E-state index contributed by atoms with van der Waals surface area (Å²) < 4.78 is 43.9. The highest BCUT2D eigenvalue weighted by atomic mass is 19.4. The summed E-state index contributed by atoms with van der Waals surface area (Å²) in [7, 11) is 0. The Balaban J connectivity index is 1.42. The summed E-state index contributed by atoms with van der Waals surface area (Å²) in [6.45, 7) is 0.222. The Bertz CT molecular complexity index is 898. The van der Waals surface area contributed by atoms with Gasteiger partial charge in [0.25, 0.3) is 5.91 Å². The number of carbonyl (C=O) groups is 1. The van der Waals surface area contributed by atoms with Crippen LogP contribution in [-0.2, 0) is 6.42 Å². The smallest absolute Gasteiger partial charge is 0.411 e. The number of rotatable bonds is 4. The van der Waals surface area contributed by atoms with Gasteiger partial charge >= 0.3 is 6.18 Å². The highest BCUT2D eigenvalue weighted by Gasteiger charge is 2.57. The number of aromatic nitrogens is 2. The second kappa shape index (κ2) is 6.87. The maximum Gasteiger partial charge on any atom is 0.411 e. The molecule has 2 unspecified atom stereocenters. The molecule has 2 aromatic heterocycles. The molecule has 9 nitrogen and oxygen atoms in total. The largest absolute Gasteiger partial charge is 0.448 e. The van der Waals surface area contributed by atoms with Crippen molar-refractivity contribution in [1.29, 1.82) is 0 Å².